The van der Waals surface area contributed by atoms with Gasteiger partial charge in [-0.25, -0.2) is 4.68 Å². The van der Waals surface area contributed by atoms with Crippen LogP contribution in [-0.2, 0) is 0 Å². The first kappa shape index (κ1) is 9.71. The summed E-state index contributed by atoms with van der Waals surface area (Å²) in [5.41, 5.74) is 7.72. The summed E-state index contributed by atoms with van der Waals surface area (Å²) in [6.07, 6.45) is 3.53. The van der Waals surface area contributed by atoms with E-state index in [1.165, 1.54) is 0 Å². The lowest BCUT2D eigenvalue weighted by atomic mass is 10.2. The van der Waals surface area contributed by atoms with Crippen molar-refractivity contribution in [3.63, 3.8) is 0 Å². The molecule has 0 amide bonds. The minimum atomic E-state index is 0.274. The van der Waals surface area contributed by atoms with Crippen molar-refractivity contribution in [1.29, 1.82) is 0 Å². The Balaban J connectivity index is 2.43. The Kier molecular flexibility index (Phi) is 2.41. The highest BCUT2D eigenvalue weighted by Crippen LogP contribution is 2.21. The van der Waals surface area contributed by atoms with Gasteiger partial charge < -0.3 is 5.73 Å². The van der Waals surface area contributed by atoms with Crippen molar-refractivity contribution in [2.45, 2.75) is 19.9 Å². The molecule has 0 saturated heterocycles. The highest BCUT2D eigenvalue weighted by molar-refractivity contribution is 5.61. The summed E-state index contributed by atoms with van der Waals surface area (Å²) in [5.74, 6) is 0.684. The molecule has 0 saturated carbocycles. The third kappa shape index (κ3) is 1.83. The van der Waals surface area contributed by atoms with E-state index in [-0.39, 0.29) is 6.04 Å². The van der Waals surface area contributed by atoms with E-state index in [4.69, 9.17) is 5.73 Å². The smallest absolute Gasteiger partial charge is 0.122 e. The Morgan fingerprint density at radius 3 is 2.73 bits per heavy atom. The summed E-state index contributed by atoms with van der Waals surface area (Å²) >= 11 is 0. The Morgan fingerprint density at radius 1 is 1.40 bits per heavy atom. The number of hydrogen-bond acceptors (Lipinski definition) is 3. The molecule has 0 unspecified atom stereocenters. The fourth-order valence-corrected chi connectivity index (χ4v) is 1.48. The molecular weight excluding hydrogens is 188 g/mol. The minimum Gasteiger partial charge on any atom is -0.384 e. The van der Waals surface area contributed by atoms with Crippen molar-refractivity contribution in [3.8, 4) is 11.3 Å². The molecule has 0 atom stereocenters. The highest BCUT2D eigenvalue weighted by atomic mass is 15.3. The first-order chi connectivity index (χ1) is 7.18. The number of nitrogens with zero attached hydrogens (tertiary/aromatic N) is 3. The summed E-state index contributed by atoms with van der Waals surface area (Å²) < 4.78 is 1.81. The Hall–Kier alpha value is -1.84. The molecule has 78 valence electrons. The average molecular weight is 202 g/mol. The van der Waals surface area contributed by atoms with Crippen LogP contribution in [0.5, 0.6) is 0 Å². The molecule has 2 rings (SSSR count). The summed E-state index contributed by atoms with van der Waals surface area (Å²) in [4.78, 5) is 4.05. The predicted molar refractivity (Wildman–Crippen MR) is 60.3 cm³/mol. The number of nitrogen functional groups attached to an aromatic ring is 1. The zero-order valence-corrected chi connectivity index (χ0v) is 8.88. The molecular formula is C11H14N4. The molecule has 0 spiro atoms. The van der Waals surface area contributed by atoms with E-state index >= 15 is 0 Å². The summed E-state index contributed by atoms with van der Waals surface area (Å²) in [6, 6.07) is 6.01. The number of hydrogen-bond donors (Lipinski definition) is 1. The highest BCUT2D eigenvalue weighted by Gasteiger charge is 2.08. The maximum Gasteiger partial charge on any atom is 0.122 e. The molecule has 0 bridgehead atoms. The van der Waals surface area contributed by atoms with Crippen LogP contribution in [0, 0.1) is 0 Å². The third-order valence-electron chi connectivity index (χ3n) is 2.21. The normalized spacial score (nSPS) is 10.9. The molecule has 4 heteroatoms. The van der Waals surface area contributed by atoms with E-state index in [0.29, 0.717) is 5.82 Å². The Bertz CT molecular complexity index is 445. The molecule has 2 aromatic heterocycles. The summed E-state index contributed by atoms with van der Waals surface area (Å²) in [6.45, 7) is 4.10. The van der Waals surface area contributed by atoms with E-state index in [2.05, 4.69) is 23.9 Å². The summed E-state index contributed by atoms with van der Waals surface area (Å²) in [5, 5.41) is 4.43. The molecule has 0 radical (unpaired) electrons. The number of aromatic nitrogens is 3. The van der Waals surface area contributed by atoms with Gasteiger partial charge in [0.15, 0.2) is 0 Å². The van der Waals surface area contributed by atoms with Crippen molar-refractivity contribution in [1.82, 2.24) is 14.8 Å². The van der Waals surface area contributed by atoms with Crippen LogP contribution in [0.1, 0.15) is 19.9 Å². The van der Waals surface area contributed by atoms with Crippen molar-refractivity contribution in [2.24, 2.45) is 0 Å². The van der Waals surface area contributed by atoms with Crippen LogP contribution in [-0.4, -0.2) is 14.8 Å². The third-order valence-corrected chi connectivity index (χ3v) is 2.21. The summed E-state index contributed by atoms with van der Waals surface area (Å²) in [7, 11) is 0. The second kappa shape index (κ2) is 3.73. The Morgan fingerprint density at radius 2 is 2.20 bits per heavy atom. The van der Waals surface area contributed by atoms with Gasteiger partial charge in [0.1, 0.15) is 5.82 Å². The van der Waals surface area contributed by atoms with Crippen LogP contribution in [0.3, 0.4) is 0 Å². The van der Waals surface area contributed by atoms with E-state index in [9.17, 15) is 0 Å². The van der Waals surface area contributed by atoms with Crippen molar-refractivity contribution < 1.29 is 0 Å². The van der Waals surface area contributed by atoms with E-state index in [1.807, 2.05) is 22.9 Å². The standard InChI is InChI=1S/C11H14N4/c1-8(2)15-11(12)6-10(14-15)9-4-3-5-13-7-9/h3-8H,12H2,1-2H3. The fraction of sp³-hybridized carbons (Fsp3) is 0.273. The van der Waals surface area contributed by atoms with Crippen LogP contribution >= 0.6 is 0 Å². The minimum absolute atomic E-state index is 0.274. The molecule has 0 aliphatic rings. The molecule has 0 aromatic carbocycles. The second-order valence-electron chi connectivity index (χ2n) is 3.73. The van der Waals surface area contributed by atoms with Gasteiger partial charge in [-0.1, -0.05) is 0 Å². The molecule has 2 N–H and O–H groups in total. The van der Waals surface area contributed by atoms with Crippen molar-refractivity contribution in [2.75, 3.05) is 5.73 Å². The number of pyridine rings is 1. The molecule has 0 aliphatic heterocycles. The lowest BCUT2D eigenvalue weighted by Crippen LogP contribution is -2.06. The van der Waals surface area contributed by atoms with Gasteiger partial charge in [-0.05, 0) is 26.0 Å². The van der Waals surface area contributed by atoms with E-state index in [1.54, 1.807) is 12.4 Å². The zero-order chi connectivity index (χ0) is 10.8. The van der Waals surface area contributed by atoms with Gasteiger partial charge in [-0.2, -0.15) is 5.10 Å². The lowest BCUT2D eigenvalue weighted by molar-refractivity contribution is 0.542. The van der Waals surface area contributed by atoms with Crippen LogP contribution in [0.15, 0.2) is 30.6 Å². The second-order valence-corrected chi connectivity index (χ2v) is 3.73. The van der Waals surface area contributed by atoms with Gasteiger partial charge in [0.05, 0.1) is 5.69 Å². The van der Waals surface area contributed by atoms with Crippen molar-refractivity contribution >= 4 is 5.82 Å². The van der Waals surface area contributed by atoms with Crippen LogP contribution in [0.4, 0.5) is 5.82 Å². The van der Waals surface area contributed by atoms with Crippen LogP contribution < -0.4 is 5.73 Å². The van der Waals surface area contributed by atoms with Gasteiger partial charge in [0, 0.05) is 30.1 Å². The average Bonchev–Trinajstić information content (AvgIpc) is 2.62. The molecule has 2 heterocycles. The zero-order valence-electron chi connectivity index (χ0n) is 8.88. The lowest BCUT2D eigenvalue weighted by Gasteiger charge is -2.06. The molecule has 4 nitrogen and oxygen atoms in total. The van der Waals surface area contributed by atoms with Gasteiger partial charge in [-0.15, -0.1) is 0 Å². The number of anilines is 1. The monoisotopic (exact) mass is 202 g/mol. The molecule has 15 heavy (non-hydrogen) atoms. The first-order valence-electron chi connectivity index (χ1n) is 4.94. The van der Waals surface area contributed by atoms with Gasteiger partial charge in [0.2, 0.25) is 0 Å². The van der Waals surface area contributed by atoms with Crippen LogP contribution in [0.25, 0.3) is 11.3 Å². The van der Waals surface area contributed by atoms with Crippen molar-refractivity contribution in [3.05, 3.63) is 30.6 Å². The quantitative estimate of drug-likeness (QED) is 0.811. The van der Waals surface area contributed by atoms with Gasteiger partial charge in [-0.3, -0.25) is 4.98 Å². The first-order valence-corrected chi connectivity index (χ1v) is 4.94. The largest absolute Gasteiger partial charge is 0.384 e. The maximum atomic E-state index is 5.86. The van der Waals surface area contributed by atoms with Crippen LogP contribution in [0.2, 0.25) is 0 Å². The molecule has 2 aromatic rings. The topological polar surface area (TPSA) is 56.7 Å². The van der Waals surface area contributed by atoms with E-state index < -0.39 is 0 Å². The maximum absolute atomic E-state index is 5.86. The molecule has 0 aliphatic carbocycles. The SMILES string of the molecule is CC(C)n1nc(-c2cccnc2)cc1N. The van der Waals surface area contributed by atoms with Gasteiger partial charge >= 0.3 is 0 Å². The van der Waals surface area contributed by atoms with E-state index in [0.717, 1.165) is 11.3 Å². The number of nitrogens with two attached hydrogens (primary N) is 1. The molecule has 0 fully saturated rings. The predicted octanol–water partition coefficient (Wildman–Crippen LogP) is 2.11. The Labute approximate surface area is 88.8 Å². The fourth-order valence-electron chi connectivity index (χ4n) is 1.48. The van der Waals surface area contributed by atoms with Gasteiger partial charge in [0.25, 0.3) is 0 Å². The number of rotatable bonds is 2.